The Labute approximate surface area is 150 Å². The minimum Gasteiger partial charge on any atom is -0.496 e. The van der Waals surface area contributed by atoms with Gasteiger partial charge in [0.05, 0.1) is 18.7 Å². The predicted molar refractivity (Wildman–Crippen MR) is 95.2 cm³/mol. The van der Waals surface area contributed by atoms with Crippen molar-refractivity contribution in [3.05, 3.63) is 58.1 Å². The molecule has 2 aromatic carbocycles. The van der Waals surface area contributed by atoms with Crippen LogP contribution in [-0.2, 0) is 6.54 Å². The summed E-state index contributed by atoms with van der Waals surface area (Å²) in [6.45, 7) is 0.986. The Kier molecular flexibility index (Phi) is 7.03. The Bertz CT molecular complexity index is 695. The molecule has 0 aliphatic heterocycles. The second kappa shape index (κ2) is 9.25. The molecule has 0 aromatic heterocycles. The van der Waals surface area contributed by atoms with Gasteiger partial charge in [-0.05, 0) is 18.2 Å². The zero-order valence-corrected chi connectivity index (χ0v) is 14.7. The van der Waals surface area contributed by atoms with Gasteiger partial charge in [0.2, 0.25) is 0 Å². The number of hydrogen-bond acceptors (Lipinski definition) is 3. The number of carbonyl (C=O) groups is 1. The van der Waals surface area contributed by atoms with Crippen molar-refractivity contribution < 1.29 is 14.3 Å². The lowest BCUT2D eigenvalue weighted by Crippen LogP contribution is -2.37. The van der Waals surface area contributed by atoms with Crippen LogP contribution in [0.15, 0.2) is 42.5 Å². The van der Waals surface area contributed by atoms with Crippen LogP contribution in [0.2, 0.25) is 10.0 Å². The van der Waals surface area contributed by atoms with Crippen LogP contribution in [-0.4, -0.2) is 26.3 Å². The highest BCUT2D eigenvalue weighted by Crippen LogP contribution is 2.31. The summed E-state index contributed by atoms with van der Waals surface area (Å²) in [4.78, 5) is 11.8. The van der Waals surface area contributed by atoms with Crippen molar-refractivity contribution in [2.24, 2.45) is 0 Å². The SMILES string of the molecule is COc1ccccc1CNC(=O)NCCOc1cccc(Cl)c1Cl. The van der Waals surface area contributed by atoms with Crippen LogP contribution in [0.3, 0.4) is 0 Å². The maximum atomic E-state index is 11.8. The van der Waals surface area contributed by atoms with E-state index in [0.29, 0.717) is 28.9 Å². The number of hydrogen-bond donors (Lipinski definition) is 2. The summed E-state index contributed by atoms with van der Waals surface area (Å²) in [6.07, 6.45) is 0. The average molecular weight is 369 g/mol. The number of urea groups is 1. The first-order chi connectivity index (χ1) is 11.6. The fourth-order valence-corrected chi connectivity index (χ4v) is 2.35. The minimum absolute atomic E-state index is 0.280. The summed E-state index contributed by atoms with van der Waals surface area (Å²) in [5.41, 5.74) is 0.900. The van der Waals surface area contributed by atoms with Crippen molar-refractivity contribution in [2.45, 2.75) is 6.54 Å². The molecule has 0 unspecified atom stereocenters. The lowest BCUT2D eigenvalue weighted by atomic mass is 10.2. The Balaban J connectivity index is 1.71. The molecule has 0 spiro atoms. The molecule has 0 saturated carbocycles. The third-order valence-electron chi connectivity index (χ3n) is 3.19. The van der Waals surface area contributed by atoms with Gasteiger partial charge in [-0.15, -0.1) is 0 Å². The molecule has 2 amide bonds. The number of nitrogens with one attached hydrogen (secondary N) is 2. The number of benzene rings is 2. The molecule has 0 heterocycles. The molecule has 5 nitrogen and oxygen atoms in total. The van der Waals surface area contributed by atoms with E-state index in [-0.39, 0.29) is 12.6 Å². The number of halogens is 2. The van der Waals surface area contributed by atoms with E-state index < -0.39 is 0 Å². The first kappa shape index (κ1) is 18.2. The number of para-hydroxylation sites is 1. The number of ether oxygens (including phenoxy) is 2. The second-order valence-electron chi connectivity index (χ2n) is 4.82. The summed E-state index contributed by atoms with van der Waals surface area (Å²) < 4.78 is 10.7. The molecule has 128 valence electrons. The van der Waals surface area contributed by atoms with Crippen LogP contribution in [0.25, 0.3) is 0 Å². The van der Waals surface area contributed by atoms with Crippen molar-refractivity contribution in [2.75, 3.05) is 20.3 Å². The Hall–Kier alpha value is -2.11. The van der Waals surface area contributed by atoms with Crippen LogP contribution in [0.5, 0.6) is 11.5 Å². The zero-order valence-electron chi connectivity index (χ0n) is 13.1. The highest BCUT2D eigenvalue weighted by Gasteiger charge is 2.06. The third kappa shape index (κ3) is 5.22. The molecule has 0 saturated heterocycles. The third-order valence-corrected chi connectivity index (χ3v) is 3.99. The highest BCUT2D eigenvalue weighted by molar-refractivity contribution is 6.42. The monoisotopic (exact) mass is 368 g/mol. The number of rotatable bonds is 7. The largest absolute Gasteiger partial charge is 0.496 e. The van der Waals surface area contributed by atoms with Crippen LogP contribution in [0.1, 0.15) is 5.56 Å². The van der Waals surface area contributed by atoms with Gasteiger partial charge in [0.25, 0.3) is 0 Å². The van der Waals surface area contributed by atoms with E-state index in [9.17, 15) is 4.79 Å². The molecule has 0 aliphatic carbocycles. The first-order valence-electron chi connectivity index (χ1n) is 7.32. The fourth-order valence-electron chi connectivity index (χ4n) is 2.01. The Morgan fingerprint density at radius 3 is 2.58 bits per heavy atom. The smallest absolute Gasteiger partial charge is 0.315 e. The van der Waals surface area contributed by atoms with Crippen molar-refractivity contribution in [1.29, 1.82) is 0 Å². The van der Waals surface area contributed by atoms with E-state index in [4.69, 9.17) is 32.7 Å². The molecule has 2 rings (SSSR count). The molecular formula is C17H18Cl2N2O3. The van der Waals surface area contributed by atoms with E-state index in [1.807, 2.05) is 24.3 Å². The van der Waals surface area contributed by atoms with E-state index in [0.717, 1.165) is 11.3 Å². The predicted octanol–water partition coefficient (Wildman–Crippen LogP) is 3.88. The molecule has 0 bridgehead atoms. The van der Waals surface area contributed by atoms with Gasteiger partial charge in [0.15, 0.2) is 0 Å². The standard InChI is InChI=1S/C17H18Cl2N2O3/c1-23-14-7-3-2-5-12(14)11-21-17(22)20-9-10-24-15-8-4-6-13(18)16(15)19/h2-8H,9-11H2,1H3,(H2,20,21,22). The summed E-state index contributed by atoms with van der Waals surface area (Å²) in [6, 6.07) is 12.4. The Morgan fingerprint density at radius 1 is 1.04 bits per heavy atom. The summed E-state index contributed by atoms with van der Waals surface area (Å²) in [5.74, 6) is 1.22. The molecule has 0 radical (unpaired) electrons. The molecular weight excluding hydrogens is 351 g/mol. The van der Waals surface area contributed by atoms with E-state index in [1.54, 1.807) is 25.3 Å². The van der Waals surface area contributed by atoms with Gasteiger partial charge < -0.3 is 20.1 Å². The van der Waals surface area contributed by atoms with Gasteiger partial charge in [0.1, 0.15) is 23.1 Å². The molecule has 7 heteroatoms. The van der Waals surface area contributed by atoms with Gasteiger partial charge in [-0.1, -0.05) is 47.5 Å². The van der Waals surface area contributed by atoms with Crippen LogP contribution in [0, 0.1) is 0 Å². The quantitative estimate of drug-likeness (QED) is 0.729. The van der Waals surface area contributed by atoms with Crippen molar-refractivity contribution in [3.8, 4) is 11.5 Å². The van der Waals surface area contributed by atoms with E-state index in [2.05, 4.69) is 10.6 Å². The molecule has 0 atom stereocenters. The van der Waals surface area contributed by atoms with E-state index in [1.165, 1.54) is 0 Å². The normalized spacial score (nSPS) is 10.1. The van der Waals surface area contributed by atoms with Gasteiger partial charge >= 0.3 is 6.03 Å². The van der Waals surface area contributed by atoms with Gasteiger partial charge in [-0.3, -0.25) is 0 Å². The van der Waals surface area contributed by atoms with Crippen molar-refractivity contribution in [1.82, 2.24) is 10.6 Å². The molecule has 2 N–H and O–H groups in total. The number of methoxy groups -OCH3 is 1. The zero-order chi connectivity index (χ0) is 17.4. The first-order valence-corrected chi connectivity index (χ1v) is 8.08. The maximum Gasteiger partial charge on any atom is 0.315 e. The van der Waals surface area contributed by atoms with Crippen molar-refractivity contribution in [3.63, 3.8) is 0 Å². The fraction of sp³-hybridized carbons (Fsp3) is 0.235. The lowest BCUT2D eigenvalue weighted by Gasteiger charge is -2.11. The average Bonchev–Trinajstić information content (AvgIpc) is 2.60. The second-order valence-corrected chi connectivity index (χ2v) is 5.61. The lowest BCUT2D eigenvalue weighted by molar-refractivity contribution is 0.236. The molecule has 0 fully saturated rings. The minimum atomic E-state index is -0.290. The Morgan fingerprint density at radius 2 is 1.79 bits per heavy atom. The van der Waals surface area contributed by atoms with Gasteiger partial charge in [0, 0.05) is 12.1 Å². The molecule has 2 aromatic rings. The van der Waals surface area contributed by atoms with Crippen LogP contribution in [0.4, 0.5) is 4.79 Å². The summed E-state index contributed by atoms with van der Waals surface area (Å²) in [7, 11) is 1.59. The van der Waals surface area contributed by atoms with Gasteiger partial charge in [-0.2, -0.15) is 0 Å². The summed E-state index contributed by atoms with van der Waals surface area (Å²) in [5, 5.41) is 6.25. The number of amides is 2. The van der Waals surface area contributed by atoms with Crippen LogP contribution >= 0.6 is 23.2 Å². The summed E-state index contributed by atoms with van der Waals surface area (Å²) >= 11 is 11.9. The van der Waals surface area contributed by atoms with E-state index >= 15 is 0 Å². The van der Waals surface area contributed by atoms with Gasteiger partial charge in [-0.25, -0.2) is 4.79 Å². The molecule has 24 heavy (non-hydrogen) atoms. The molecule has 0 aliphatic rings. The number of carbonyl (C=O) groups excluding carboxylic acids is 1. The van der Waals surface area contributed by atoms with Crippen molar-refractivity contribution >= 4 is 29.2 Å². The highest BCUT2D eigenvalue weighted by atomic mass is 35.5. The maximum absolute atomic E-state index is 11.8. The van der Waals surface area contributed by atoms with Crippen LogP contribution < -0.4 is 20.1 Å². The topological polar surface area (TPSA) is 59.6 Å².